The minimum absolute atomic E-state index is 0. The van der Waals surface area contributed by atoms with Crippen molar-refractivity contribution >= 4 is 91.2 Å². The molecule has 2 N–H and O–H groups in total. The number of sulfonamides is 2. The Bertz CT molecular complexity index is 3100. The second-order valence-electron chi connectivity index (χ2n) is 18.0. The van der Waals surface area contributed by atoms with Gasteiger partial charge in [-0.2, -0.15) is 36.0 Å². The van der Waals surface area contributed by atoms with E-state index in [4.69, 9.17) is 42.4 Å². The van der Waals surface area contributed by atoms with Crippen LogP contribution in [-0.2, 0) is 39.2 Å². The normalized spacial score (nSPS) is 14.2. The van der Waals surface area contributed by atoms with E-state index < -0.39 is 20.0 Å². The summed E-state index contributed by atoms with van der Waals surface area (Å²) in [5.74, 6) is 2.44. The molecule has 2 aromatic carbocycles. The highest BCUT2D eigenvalue weighted by Crippen LogP contribution is 2.37. The van der Waals surface area contributed by atoms with Crippen LogP contribution in [0.3, 0.4) is 0 Å². The molecule has 0 bridgehead atoms. The van der Waals surface area contributed by atoms with E-state index in [0.29, 0.717) is 44.4 Å². The van der Waals surface area contributed by atoms with Gasteiger partial charge in [0.1, 0.15) is 23.3 Å². The van der Waals surface area contributed by atoms with Gasteiger partial charge in [0, 0.05) is 37.3 Å². The zero-order valence-electron chi connectivity index (χ0n) is 41.6. The van der Waals surface area contributed by atoms with Crippen LogP contribution in [-0.4, -0.2) is 75.3 Å². The molecular formula is C52H59Cl3N8O8S2. The predicted molar refractivity (Wildman–Crippen MR) is 286 cm³/mol. The number of benzene rings is 2. The molecular weight excluding hydrogens is 1040 g/mol. The minimum Gasteiger partial charge on any atom is -0.357 e. The number of nitrogens with zero attached hydrogens (tertiary/aromatic N) is 6. The molecule has 6 heterocycles. The lowest BCUT2D eigenvalue weighted by Crippen LogP contribution is -2.39. The second-order valence-corrected chi connectivity index (χ2v) is 22.0. The second kappa shape index (κ2) is 26.6. The molecule has 0 amide bonds. The van der Waals surface area contributed by atoms with Gasteiger partial charge < -0.3 is 9.80 Å². The SMILES string of the molecule is CCC1(C)CCN(c2cccc(S(=O)(=O)Nc3ccc(Cl)c(-c4c(C)cccc4C)n3)n2)CC1.Cc1cccc(C)c1-c1nc(NS(=O)(=O)c2cccc(N3CCC(C)CC3)n2)ccc1Cl.Cl.O=C=O.O=C=O. The molecule has 2 fully saturated rings. The molecule has 2 saturated heterocycles. The highest BCUT2D eigenvalue weighted by molar-refractivity contribution is 7.93. The Labute approximate surface area is 443 Å². The summed E-state index contributed by atoms with van der Waals surface area (Å²) in [5.41, 5.74) is 7.31. The maximum atomic E-state index is 13.2. The van der Waals surface area contributed by atoms with Crippen LogP contribution in [0.4, 0.5) is 23.3 Å². The molecule has 2 aliphatic heterocycles. The topological polar surface area (TPSA) is 219 Å². The van der Waals surface area contributed by atoms with Crippen LogP contribution < -0.4 is 19.2 Å². The zero-order chi connectivity index (χ0) is 52.8. The van der Waals surface area contributed by atoms with Crippen molar-refractivity contribution in [3.63, 3.8) is 0 Å². The summed E-state index contributed by atoms with van der Waals surface area (Å²) in [6.45, 7) is 18.2. The van der Waals surface area contributed by atoms with E-state index in [2.05, 4.69) is 60.0 Å². The van der Waals surface area contributed by atoms with E-state index in [1.807, 2.05) is 76.2 Å². The molecule has 2 aliphatic rings. The summed E-state index contributed by atoms with van der Waals surface area (Å²) >= 11 is 12.9. The molecule has 6 aromatic rings. The lowest BCUT2D eigenvalue weighted by atomic mass is 9.78. The molecule has 388 valence electrons. The largest absolute Gasteiger partial charge is 0.373 e. The Morgan fingerprint density at radius 2 is 0.918 bits per heavy atom. The average molecular weight is 1090 g/mol. The van der Waals surface area contributed by atoms with Gasteiger partial charge in [-0.15, -0.1) is 12.4 Å². The molecule has 0 saturated carbocycles. The Kier molecular flexibility index (Phi) is 21.7. The fraction of sp³-hybridized carbons (Fsp3) is 0.346. The summed E-state index contributed by atoms with van der Waals surface area (Å²) in [5, 5.41) is 0.868. The van der Waals surface area contributed by atoms with Crippen molar-refractivity contribution in [3.8, 4) is 22.5 Å². The van der Waals surface area contributed by atoms with Crippen LogP contribution in [0.2, 0.25) is 10.0 Å². The van der Waals surface area contributed by atoms with Crippen molar-refractivity contribution in [1.82, 2.24) is 19.9 Å². The monoisotopic (exact) mass is 1090 g/mol. The van der Waals surface area contributed by atoms with Gasteiger partial charge in [0.15, 0.2) is 10.1 Å². The highest BCUT2D eigenvalue weighted by atomic mass is 35.5. The molecule has 4 aromatic heterocycles. The Balaban J connectivity index is 0.000000283. The van der Waals surface area contributed by atoms with Crippen molar-refractivity contribution in [1.29, 1.82) is 0 Å². The van der Waals surface area contributed by atoms with Crippen molar-refractivity contribution in [2.75, 3.05) is 45.4 Å². The highest BCUT2D eigenvalue weighted by Gasteiger charge is 2.30. The van der Waals surface area contributed by atoms with Gasteiger partial charge in [-0.25, -0.2) is 19.9 Å². The number of aryl methyl sites for hydroxylation is 4. The fourth-order valence-corrected chi connectivity index (χ4v) is 10.8. The maximum Gasteiger partial charge on any atom is 0.373 e. The number of halogens is 3. The van der Waals surface area contributed by atoms with Gasteiger partial charge in [-0.3, -0.25) is 9.44 Å². The summed E-state index contributed by atoms with van der Waals surface area (Å²) in [6, 6.07) is 28.5. The van der Waals surface area contributed by atoms with Gasteiger partial charge in [0.2, 0.25) is 0 Å². The van der Waals surface area contributed by atoms with Crippen molar-refractivity contribution in [3.05, 3.63) is 129 Å². The first-order valence-electron chi connectivity index (χ1n) is 23.1. The average Bonchev–Trinajstić information content (AvgIpc) is 3.34. The number of pyridine rings is 4. The quantitative estimate of drug-likeness (QED) is 0.123. The number of nitrogens with one attached hydrogen (secondary N) is 2. The Hall–Kier alpha value is -6.23. The van der Waals surface area contributed by atoms with E-state index in [1.165, 1.54) is 12.1 Å². The number of carbonyl (C=O) groups excluding carboxylic acids is 4. The van der Waals surface area contributed by atoms with Crippen molar-refractivity contribution in [2.45, 2.75) is 90.6 Å². The van der Waals surface area contributed by atoms with Crippen LogP contribution in [0.1, 0.15) is 75.1 Å². The van der Waals surface area contributed by atoms with Gasteiger partial charge >= 0.3 is 12.3 Å². The number of hydrogen-bond donors (Lipinski definition) is 2. The lowest BCUT2D eigenvalue weighted by Gasteiger charge is -2.39. The lowest BCUT2D eigenvalue weighted by molar-refractivity contribution is -0.193. The van der Waals surface area contributed by atoms with Gasteiger partial charge in [0.05, 0.1) is 21.4 Å². The number of hydrogen-bond acceptors (Lipinski definition) is 14. The number of rotatable bonds is 11. The van der Waals surface area contributed by atoms with Crippen LogP contribution >= 0.6 is 35.6 Å². The molecule has 8 rings (SSSR count). The molecule has 0 unspecified atom stereocenters. The maximum absolute atomic E-state index is 13.2. The van der Waals surface area contributed by atoms with Crippen LogP contribution in [0.5, 0.6) is 0 Å². The van der Waals surface area contributed by atoms with Gasteiger partial charge in [0.25, 0.3) is 20.0 Å². The van der Waals surface area contributed by atoms with E-state index in [9.17, 15) is 16.8 Å². The molecule has 0 spiro atoms. The Morgan fingerprint density at radius 3 is 1.27 bits per heavy atom. The van der Waals surface area contributed by atoms with Crippen molar-refractivity contribution in [2.24, 2.45) is 11.3 Å². The molecule has 16 nitrogen and oxygen atoms in total. The third kappa shape index (κ3) is 15.6. The van der Waals surface area contributed by atoms with E-state index in [1.54, 1.807) is 36.4 Å². The first-order valence-corrected chi connectivity index (χ1v) is 26.9. The summed E-state index contributed by atoms with van der Waals surface area (Å²) in [4.78, 5) is 54.8. The van der Waals surface area contributed by atoms with Gasteiger partial charge in [-0.1, -0.05) is 98.9 Å². The number of aromatic nitrogens is 4. The summed E-state index contributed by atoms with van der Waals surface area (Å²) in [7, 11) is -7.84. The summed E-state index contributed by atoms with van der Waals surface area (Å²) in [6.07, 6.45) is 5.93. The fourth-order valence-electron chi connectivity index (χ4n) is 8.43. The zero-order valence-corrected chi connectivity index (χ0v) is 45.6. The minimum atomic E-state index is -3.93. The molecule has 0 atom stereocenters. The number of piperidine rings is 2. The van der Waals surface area contributed by atoms with Crippen molar-refractivity contribution < 1.29 is 36.0 Å². The smallest absolute Gasteiger partial charge is 0.357 e. The third-order valence-corrected chi connectivity index (χ3v) is 16.0. The number of anilines is 4. The van der Waals surface area contributed by atoms with Gasteiger partial charge in [-0.05, 0) is 135 Å². The molecule has 0 radical (unpaired) electrons. The predicted octanol–water partition coefficient (Wildman–Crippen LogP) is 10.9. The first-order chi connectivity index (χ1) is 34.2. The third-order valence-electron chi connectivity index (χ3n) is 12.8. The van der Waals surface area contributed by atoms with Crippen LogP contribution in [0, 0.1) is 39.0 Å². The van der Waals surface area contributed by atoms with Crippen LogP contribution in [0.25, 0.3) is 22.5 Å². The van der Waals surface area contributed by atoms with Crippen LogP contribution in [0.15, 0.2) is 107 Å². The molecule has 21 heteroatoms. The molecule has 73 heavy (non-hydrogen) atoms. The molecule has 0 aliphatic carbocycles. The van der Waals surface area contributed by atoms with E-state index >= 15 is 0 Å². The standard InChI is InChI=1S/C26H31ClN4O2S.C24H27ClN4O2S.2CO2.ClH/c1-5-26(4)14-16-31(17-15-26)22-10-7-11-23(29-22)34(32,33)30-21-13-12-20(27)25(28-21)24-18(2)8-6-9-19(24)3;1-16-12-14-29(15-13-16)21-8-5-9-22(27-21)32(30,31)28-20-11-10-19(25)24(26-20)23-17(2)6-4-7-18(23)3;2*2-1-3;/h6-13H,5,14-17H2,1-4H3,(H,28,30);4-11,16H,12-15H2,1-3H3,(H,26,28);;;1H. The Morgan fingerprint density at radius 1 is 0.575 bits per heavy atom. The van der Waals surface area contributed by atoms with E-state index in [-0.39, 0.29) is 46.4 Å². The van der Waals surface area contributed by atoms with E-state index in [0.717, 1.165) is 91.7 Å². The first kappa shape index (κ1) is 59.3. The summed E-state index contributed by atoms with van der Waals surface area (Å²) < 4.78 is 57.7.